The van der Waals surface area contributed by atoms with Crippen molar-refractivity contribution >= 4 is 5.91 Å². The van der Waals surface area contributed by atoms with Gasteiger partial charge in [-0.1, -0.05) is 6.92 Å². The summed E-state index contributed by atoms with van der Waals surface area (Å²) in [6, 6.07) is 3.93. The van der Waals surface area contributed by atoms with Crippen molar-refractivity contribution in [3.63, 3.8) is 0 Å². The van der Waals surface area contributed by atoms with E-state index >= 15 is 0 Å². The van der Waals surface area contributed by atoms with E-state index in [1.54, 1.807) is 7.11 Å². The van der Waals surface area contributed by atoms with E-state index in [0.29, 0.717) is 23.5 Å². The monoisotopic (exact) mass is 329 g/mol. The molecular formula is C20H27NO3. The molecule has 1 amide bonds. The second kappa shape index (κ2) is 5.40. The molecule has 2 fully saturated rings. The van der Waals surface area contributed by atoms with Gasteiger partial charge in [0.2, 0.25) is 5.91 Å². The average Bonchev–Trinajstić information content (AvgIpc) is 2.91. The Bertz CT molecular complexity index is 686. The first-order chi connectivity index (χ1) is 11.5. The number of rotatable bonds is 2. The molecule has 0 heterocycles. The van der Waals surface area contributed by atoms with Crippen LogP contribution in [0.4, 0.5) is 0 Å². The average molecular weight is 329 g/mol. The third-order valence-electron chi connectivity index (χ3n) is 7.37. The fourth-order valence-electron chi connectivity index (χ4n) is 6.22. The predicted octanol–water partition coefficient (Wildman–Crippen LogP) is 3.36. The third kappa shape index (κ3) is 2.08. The first-order valence-electron chi connectivity index (χ1n) is 9.14. The Labute approximate surface area is 143 Å². The molecule has 4 rings (SSSR count). The van der Waals surface area contributed by atoms with Crippen LogP contribution in [0, 0.1) is 23.2 Å². The fraction of sp³-hybridized carbons (Fsp3) is 0.650. The normalized spacial score (nSPS) is 37.2. The van der Waals surface area contributed by atoms with Gasteiger partial charge in [-0.05, 0) is 85.0 Å². The zero-order valence-corrected chi connectivity index (χ0v) is 14.5. The third-order valence-corrected chi connectivity index (χ3v) is 7.37. The number of hydrogen-bond acceptors (Lipinski definition) is 3. The molecular weight excluding hydrogens is 302 g/mol. The van der Waals surface area contributed by atoms with E-state index in [9.17, 15) is 9.90 Å². The first-order valence-corrected chi connectivity index (χ1v) is 9.14. The lowest BCUT2D eigenvalue weighted by atomic mass is 9.54. The summed E-state index contributed by atoms with van der Waals surface area (Å²) in [5, 5.41) is 10.1. The van der Waals surface area contributed by atoms with Gasteiger partial charge in [-0.15, -0.1) is 0 Å². The maximum atomic E-state index is 11.9. The van der Waals surface area contributed by atoms with Crippen molar-refractivity contribution < 1.29 is 14.6 Å². The predicted molar refractivity (Wildman–Crippen MR) is 92.0 cm³/mol. The number of phenols is 1. The number of hydrogen-bond donors (Lipinski definition) is 2. The number of phenolic OH excluding ortho intramolecular Hbond substituents is 1. The lowest BCUT2D eigenvalue weighted by molar-refractivity contribution is -0.126. The highest BCUT2D eigenvalue weighted by Crippen LogP contribution is 2.63. The van der Waals surface area contributed by atoms with Crippen molar-refractivity contribution in [2.45, 2.75) is 51.4 Å². The zero-order chi connectivity index (χ0) is 17.1. The topological polar surface area (TPSA) is 72.6 Å². The number of primary amides is 1. The molecule has 1 aromatic carbocycles. The van der Waals surface area contributed by atoms with Gasteiger partial charge in [-0.3, -0.25) is 4.79 Å². The number of nitrogens with two attached hydrogens (primary N) is 1. The summed E-state index contributed by atoms with van der Waals surface area (Å²) < 4.78 is 5.33. The van der Waals surface area contributed by atoms with E-state index in [2.05, 4.69) is 6.92 Å². The molecule has 3 aliphatic carbocycles. The van der Waals surface area contributed by atoms with Crippen molar-refractivity contribution in [2.75, 3.05) is 7.11 Å². The number of amides is 1. The molecule has 4 nitrogen and oxygen atoms in total. The van der Waals surface area contributed by atoms with Crippen LogP contribution in [0.3, 0.4) is 0 Å². The molecule has 0 radical (unpaired) electrons. The van der Waals surface area contributed by atoms with Gasteiger partial charge in [0.05, 0.1) is 7.11 Å². The summed E-state index contributed by atoms with van der Waals surface area (Å²) in [6.45, 7) is 2.29. The molecule has 0 aromatic heterocycles. The minimum Gasteiger partial charge on any atom is -0.504 e. The molecule has 0 spiro atoms. The van der Waals surface area contributed by atoms with Gasteiger partial charge in [0, 0.05) is 5.92 Å². The number of fused-ring (bicyclic) bond motifs is 5. The molecule has 130 valence electrons. The minimum atomic E-state index is -0.110. The number of aromatic hydroxyl groups is 1. The van der Waals surface area contributed by atoms with Gasteiger partial charge in [0.1, 0.15) is 0 Å². The molecule has 3 N–H and O–H groups in total. The van der Waals surface area contributed by atoms with Crippen molar-refractivity contribution in [1.29, 1.82) is 0 Å². The van der Waals surface area contributed by atoms with Gasteiger partial charge < -0.3 is 15.6 Å². The van der Waals surface area contributed by atoms with Crippen LogP contribution in [0.1, 0.15) is 56.1 Å². The molecule has 1 unspecified atom stereocenters. The summed E-state index contributed by atoms with van der Waals surface area (Å²) in [6.07, 6.45) is 6.38. The first kappa shape index (κ1) is 15.8. The van der Waals surface area contributed by atoms with Crippen molar-refractivity contribution in [1.82, 2.24) is 0 Å². The van der Waals surface area contributed by atoms with Crippen LogP contribution in [0.5, 0.6) is 11.5 Å². The lowest BCUT2D eigenvalue weighted by Gasteiger charge is -2.50. The maximum absolute atomic E-state index is 11.9. The largest absolute Gasteiger partial charge is 0.504 e. The molecule has 4 heteroatoms. The number of benzene rings is 1. The van der Waals surface area contributed by atoms with E-state index in [1.807, 2.05) is 12.1 Å². The molecule has 1 aromatic rings. The Balaban J connectivity index is 1.70. The Morgan fingerprint density at radius 3 is 2.79 bits per heavy atom. The number of carbonyl (C=O) groups is 1. The highest BCUT2D eigenvalue weighted by atomic mass is 16.5. The Morgan fingerprint density at radius 2 is 2.08 bits per heavy atom. The summed E-state index contributed by atoms with van der Waals surface area (Å²) in [7, 11) is 1.61. The van der Waals surface area contributed by atoms with Gasteiger partial charge in [-0.2, -0.15) is 0 Å². The fourth-order valence-corrected chi connectivity index (χ4v) is 6.22. The van der Waals surface area contributed by atoms with Crippen LogP contribution in [0.15, 0.2) is 12.1 Å². The SMILES string of the molecule is COc1cc2c(cc1O)CC[C@@H]1[C@@H]2CC[C@]2(C)C(C(N)=O)CC[C@@H]12. The number of aryl methyl sites for hydroxylation is 1. The number of carbonyl (C=O) groups excluding carboxylic acids is 1. The summed E-state index contributed by atoms with van der Waals surface area (Å²) in [5.41, 5.74) is 8.40. The van der Waals surface area contributed by atoms with Gasteiger partial charge >= 0.3 is 0 Å². The number of methoxy groups -OCH3 is 1. The van der Waals surface area contributed by atoms with Gasteiger partial charge in [0.25, 0.3) is 0 Å². The Hall–Kier alpha value is -1.71. The zero-order valence-electron chi connectivity index (χ0n) is 14.5. The minimum absolute atomic E-state index is 0.0409. The van der Waals surface area contributed by atoms with E-state index in [0.717, 1.165) is 38.5 Å². The quantitative estimate of drug-likeness (QED) is 0.874. The van der Waals surface area contributed by atoms with E-state index in [1.165, 1.54) is 11.1 Å². The number of ether oxygens (including phenoxy) is 1. The molecule has 3 aliphatic rings. The van der Waals surface area contributed by atoms with Gasteiger partial charge in [0.15, 0.2) is 11.5 Å². The van der Waals surface area contributed by atoms with Crippen LogP contribution in [0.2, 0.25) is 0 Å². The van der Waals surface area contributed by atoms with Crippen LogP contribution in [-0.4, -0.2) is 18.1 Å². The van der Waals surface area contributed by atoms with E-state index in [4.69, 9.17) is 10.5 Å². The molecule has 0 aliphatic heterocycles. The molecule has 0 saturated heterocycles. The van der Waals surface area contributed by atoms with Crippen molar-refractivity contribution in [3.05, 3.63) is 23.3 Å². The highest BCUT2D eigenvalue weighted by Gasteiger charge is 2.56. The Kier molecular flexibility index (Phi) is 3.55. The van der Waals surface area contributed by atoms with Crippen LogP contribution >= 0.6 is 0 Å². The van der Waals surface area contributed by atoms with Crippen molar-refractivity contribution in [2.24, 2.45) is 28.9 Å². The lowest BCUT2D eigenvalue weighted by Crippen LogP contribution is -2.45. The van der Waals surface area contributed by atoms with Crippen molar-refractivity contribution in [3.8, 4) is 11.5 Å². The standard InChI is InChI=1S/C20H27NO3/c1-20-8-7-12-13(15(20)5-6-16(20)19(21)23)4-3-11-9-17(22)18(24-2)10-14(11)12/h9-10,12-13,15-16,22H,3-8H2,1-2H3,(H2,21,23)/t12-,13+,15-,16?,20-/m0/s1. The van der Waals surface area contributed by atoms with E-state index in [-0.39, 0.29) is 23.0 Å². The molecule has 0 bridgehead atoms. The van der Waals surface area contributed by atoms with Crippen LogP contribution in [0.25, 0.3) is 0 Å². The summed E-state index contributed by atoms with van der Waals surface area (Å²) in [5.74, 6) is 2.47. The van der Waals surface area contributed by atoms with E-state index < -0.39 is 0 Å². The maximum Gasteiger partial charge on any atom is 0.221 e. The van der Waals surface area contributed by atoms with Crippen LogP contribution < -0.4 is 10.5 Å². The highest BCUT2D eigenvalue weighted by molar-refractivity contribution is 5.78. The summed E-state index contributed by atoms with van der Waals surface area (Å²) >= 11 is 0. The molecule has 24 heavy (non-hydrogen) atoms. The summed E-state index contributed by atoms with van der Waals surface area (Å²) in [4.78, 5) is 11.9. The van der Waals surface area contributed by atoms with Gasteiger partial charge in [-0.25, -0.2) is 0 Å². The van der Waals surface area contributed by atoms with Crippen LogP contribution in [-0.2, 0) is 11.2 Å². The second-order valence-corrected chi connectivity index (χ2v) is 8.22. The Morgan fingerprint density at radius 1 is 1.29 bits per heavy atom. The molecule has 5 atom stereocenters. The second-order valence-electron chi connectivity index (χ2n) is 8.22. The molecule has 2 saturated carbocycles. The smallest absolute Gasteiger partial charge is 0.221 e.